The van der Waals surface area contributed by atoms with E-state index < -0.39 is 122 Å². The molecule has 0 aromatic heterocycles. The highest BCUT2D eigenvalue weighted by molar-refractivity contribution is 5.95. The number of rotatable bonds is 19. The van der Waals surface area contributed by atoms with Crippen molar-refractivity contribution in [1.29, 1.82) is 0 Å². The van der Waals surface area contributed by atoms with Gasteiger partial charge in [-0.25, -0.2) is 17.6 Å². The third kappa shape index (κ3) is 12.5. The zero-order valence-electron chi connectivity index (χ0n) is 38.4. The molecule has 2 fully saturated rings. The van der Waals surface area contributed by atoms with E-state index in [2.05, 4.69) is 31.9 Å². The van der Waals surface area contributed by atoms with Crippen LogP contribution in [0.1, 0.15) is 125 Å². The van der Waals surface area contributed by atoms with Crippen LogP contribution in [0.15, 0.2) is 48.5 Å². The molecule has 6 N–H and O–H groups in total. The predicted octanol–water partition coefficient (Wildman–Crippen LogP) is 4.37. The first-order valence-corrected chi connectivity index (χ1v) is 23.5. The molecule has 2 aromatic rings. The Bertz CT molecular complexity index is 1930. The van der Waals surface area contributed by atoms with Crippen LogP contribution in [0.3, 0.4) is 0 Å². The molecule has 0 unspecified atom stereocenters. The van der Waals surface area contributed by atoms with Gasteiger partial charge in [0.05, 0.1) is 37.3 Å². The Morgan fingerprint density at radius 2 is 0.985 bits per heavy atom. The topological polar surface area (TPSA) is 181 Å². The van der Waals surface area contributed by atoms with Gasteiger partial charge in [0.2, 0.25) is 35.4 Å². The number of halogens is 4. The van der Waals surface area contributed by atoms with Gasteiger partial charge in [-0.3, -0.25) is 28.8 Å². The summed E-state index contributed by atoms with van der Waals surface area (Å²) < 4.78 is 60.4. The number of carbonyl (C=O) groups excluding carboxylic acids is 6. The van der Waals surface area contributed by atoms with Gasteiger partial charge in [-0.2, -0.15) is 0 Å². The number of fused-ring (bicyclic) bond motifs is 2. The van der Waals surface area contributed by atoms with Gasteiger partial charge in [0.15, 0.2) is 0 Å². The number of nitrogens with zero attached hydrogens (tertiary/aromatic N) is 2. The van der Waals surface area contributed by atoms with Gasteiger partial charge < -0.3 is 41.7 Å². The van der Waals surface area contributed by atoms with E-state index >= 15 is 17.6 Å². The fourth-order valence-electron chi connectivity index (χ4n) is 9.73. The molecule has 0 saturated carbocycles. The smallest absolute Gasteiger partial charge is 0.267 e. The first-order chi connectivity index (χ1) is 31.4. The maximum Gasteiger partial charge on any atom is 0.267 e. The predicted molar refractivity (Wildman–Crippen MR) is 239 cm³/mol. The van der Waals surface area contributed by atoms with E-state index in [4.69, 9.17) is 0 Å². The number of carbonyl (C=O) groups is 6. The largest absolute Gasteiger partial charge is 0.347 e. The molecule has 0 radical (unpaired) electrons. The Hall–Kier alpha value is -5.10. The van der Waals surface area contributed by atoms with Crippen molar-refractivity contribution in [3.05, 3.63) is 70.8 Å². The Labute approximate surface area is 384 Å². The lowest BCUT2D eigenvalue weighted by atomic mass is 9.87. The first kappa shape index (κ1) is 50.3. The number of unbranched alkanes of at least 4 members (excludes halogenated alkanes) is 3. The number of aryl methyl sites for hydroxylation is 2. The number of amides is 6. The van der Waals surface area contributed by atoms with E-state index in [1.807, 2.05) is 48.5 Å². The lowest BCUT2D eigenvalue weighted by Gasteiger charge is -2.31. The van der Waals surface area contributed by atoms with Crippen LogP contribution in [0.2, 0.25) is 0 Å². The van der Waals surface area contributed by atoms with E-state index in [0.717, 1.165) is 57.7 Å². The average molecular weight is 927 g/mol. The molecule has 18 heteroatoms. The molecular formula is C48H66F4N8O6. The second-order valence-electron chi connectivity index (χ2n) is 18.5. The zero-order valence-corrected chi connectivity index (χ0v) is 38.4. The molecule has 4 aliphatic rings. The van der Waals surface area contributed by atoms with Crippen LogP contribution in [0.25, 0.3) is 0 Å². The molecule has 0 spiro atoms. The third-order valence-electron chi connectivity index (χ3n) is 13.7. The zero-order chi connectivity index (χ0) is 47.8. The number of alkyl halides is 4. The van der Waals surface area contributed by atoms with Crippen molar-refractivity contribution in [3.63, 3.8) is 0 Å². The summed E-state index contributed by atoms with van der Waals surface area (Å²) in [6.07, 6.45) is 4.47. The van der Waals surface area contributed by atoms with Crippen molar-refractivity contribution < 1.29 is 46.3 Å². The molecule has 362 valence electrons. The summed E-state index contributed by atoms with van der Waals surface area (Å²) in [5.41, 5.74) is 3.98. The van der Waals surface area contributed by atoms with Gasteiger partial charge >= 0.3 is 0 Å². The van der Waals surface area contributed by atoms with Crippen LogP contribution in [0.5, 0.6) is 0 Å². The summed E-state index contributed by atoms with van der Waals surface area (Å²) in [5, 5.41) is 16.9. The van der Waals surface area contributed by atoms with Crippen LogP contribution in [0.4, 0.5) is 17.6 Å². The monoisotopic (exact) mass is 927 g/mol. The van der Waals surface area contributed by atoms with Crippen LogP contribution in [-0.4, -0.2) is 121 Å². The summed E-state index contributed by atoms with van der Waals surface area (Å²) in [7, 11) is 3.12. The van der Waals surface area contributed by atoms with Gasteiger partial charge in [-0.05, 0) is 102 Å². The summed E-state index contributed by atoms with van der Waals surface area (Å²) in [6.45, 7) is 1.21. The number of nitrogens with one attached hydrogen (secondary N) is 6. The third-order valence-corrected chi connectivity index (χ3v) is 13.7. The van der Waals surface area contributed by atoms with Gasteiger partial charge in [0, 0.05) is 12.8 Å². The fourth-order valence-corrected chi connectivity index (χ4v) is 9.73. The SMILES string of the molecule is CN[C@@H](C)C(=O)N[C@@H](CCCCCC[C@H](NC(=O)[C@H](C)NC)C(=O)N1CC(F)(F)C[C@H]1C(=O)N[C@@H]1CCCc2ccccc21)C(=O)N1CC(F)(F)C[C@H]1C(=O)N[C@@H]1CCCc2ccccc21. The molecule has 2 aliphatic carbocycles. The molecule has 6 rings (SSSR count). The van der Waals surface area contributed by atoms with E-state index in [1.165, 1.54) is 0 Å². The Kier molecular flexibility index (Phi) is 16.9. The highest BCUT2D eigenvalue weighted by Crippen LogP contribution is 2.37. The van der Waals surface area contributed by atoms with Gasteiger partial charge in [-0.1, -0.05) is 74.2 Å². The van der Waals surface area contributed by atoms with Crippen molar-refractivity contribution in [2.45, 2.75) is 164 Å². The molecular weight excluding hydrogens is 861 g/mol. The van der Waals surface area contributed by atoms with Crippen LogP contribution in [0, 0.1) is 0 Å². The highest BCUT2D eigenvalue weighted by atomic mass is 19.3. The van der Waals surface area contributed by atoms with Crippen LogP contribution >= 0.6 is 0 Å². The van der Waals surface area contributed by atoms with E-state index in [0.29, 0.717) is 38.5 Å². The second-order valence-corrected chi connectivity index (χ2v) is 18.5. The number of hydrogen-bond donors (Lipinski definition) is 6. The summed E-state index contributed by atoms with van der Waals surface area (Å²) in [6, 6.07) is 7.70. The van der Waals surface area contributed by atoms with Gasteiger partial charge in [0.1, 0.15) is 24.2 Å². The van der Waals surface area contributed by atoms with Crippen LogP contribution < -0.4 is 31.9 Å². The fraction of sp³-hybridized carbons (Fsp3) is 0.625. The normalized spacial score (nSPS) is 23.6. The second kappa shape index (κ2) is 22.1. The number of likely N-dealkylation sites (N-methyl/N-ethyl adjacent to an activating group) is 2. The molecule has 8 atom stereocenters. The number of hydrogen-bond acceptors (Lipinski definition) is 8. The molecule has 2 heterocycles. The molecule has 6 amide bonds. The lowest BCUT2D eigenvalue weighted by molar-refractivity contribution is -0.142. The molecule has 2 aromatic carbocycles. The lowest BCUT2D eigenvalue weighted by Crippen LogP contribution is -2.56. The Morgan fingerprint density at radius 1 is 0.606 bits per heavy atom. The van der Waals surface area contributed by atoms with Crippen LogP contribution in [-0.2, 0) is 41.6 Å². The molecule has 2 aliphatic heterocycles. The standard InChI is InChI=1S/C48H66F4N8O6/c1-29(53-3)41(61)57-37(45(65)59-27-47(49,50)25-39(59)43(63)55-35-23-13-17-31-15-9-11-19-33(31)35)21-7-5-6-8-22-38(58-42(62)30(2)54-4)46(66)60-28-48(51,52)26-40(60)44(64)56-36-24-14-18-32-16-10-12-20-34(32)36/h9-12,15-16,19-20,29-30,35-40,53-54H,5-8,13-14,17-18,21-28H2,1-4H3,(H,55,63)(H,56,64)(H,57,61)(H,58,62)/t29-,30-,35+,36+,37-,38-,39-,40-/m0/s1. The van der Waals surface area contributed by atoms with E-state index in [-0.39, 0.29) is 12.8 Å². The maximum absolute atomic E-state index is 15.1. The maximum atomic E-state index is 15.1. The molecule has 0 bridgehead atoms. The van der Waals surface area contributed by atoms with Crippen molar-refractivity contribution in [2.24, 2.45) is 0 Å². The summed E-state index contributed by atoms with van der Waals surface area (Å²) in [5.74, 6) is -10.7. The number of likely N-dealkylation sites (tertiary alicyclic amines) is 2. The van der Waals surface area contributed by atoms with Crippen molar-refractivity contribution in [1.82, 2.24) is 41.7 Å². The summed E-state index contributed by atoms with van der Waals surface area (Å²) >= 11 is 0. The molecule has 14 nitrogen and oxygen atoms in total. The minimum Gasteiger partial charge on any atom is -0.347 e. The number of benzene rings is 2. The highest BCUT2D eigenvalue weighted by Gasteiger charge is 2.53. The Balaban J connectivity index is 1.09. The van der Waals surface area contributed by atoms with Gasteiger partial charge in [0.25, 0.3) is 11.8 Å². The Morgan fingerprint density at radius 3 is 1.36 bits per heavy atom. The van der Waals surface area contributed by atoms with Gasteiger partial charge in [-0.15, -0.1) is 0 Å². The summed E-state index contributed by atoms with van der Waals surface area (Å²) in [4.78, 5) is 83.8. The van der Waals surface area contributed by atoms with Crippen molar-refractivity contribution in [3.8, 4) is 0 Å². The van der Waals surface area contributed by atoms with E-state index in [1.54, 1.807) is 27.9 Å². The van der Waals surface area contributed by atoms with Crippen molar-refractivity contribution >= 4 is 35.4 Å². The molecule has 66 heavy (non-hydrogen) atoms. The minimum absolute atomic E-state index is 0.0529. The van der Waals surface area contributed by atoms with E-state index in [9.17, 15) is 28.8 Å². The molecule has 2 saturated heterocycles. The quantitative estimate of drug-likeness (QED) is 0.0888. The minimum atomic E-state index is -3.33. The first-order valence-electron chi connectivity index (χ1n) is 23.5. The average Bonchev–Trinajstić information content (AvgIpc) is 3.82. The van der Waals surface area contributed by atoms with Crippen molar-refractivity contribution in [2.75, 3.05) is 27.2 Å².